The lowest BCUT2D eigenvalue weighted by Gasteiger charge is -2.12. The summed E-state index contributed by atoms with van der Waals surface area (Å²) in [5, 5.41) is 3.07. The Morgan fingerprint density at radius 2 is 2.14 bits per heavy atom. The summed E-state index contributed by atoms with van der Waals surface area (Å²) in [7, 11) is 0. The lowest BCUT2D eigenvalue weighted by Crippen LogP contribution is -2.29. The molecule has 1 N–H and O–H groups in total. The van der Waals surface area contributed by atoms with Gasteiger partial charge in [0, 0.05) is 25.4 Å². The summed E-state index contributed by atoms with van der Waals surface area (Å²) in [5.74, 6) is 0.723. The Labute approximate surface area is 127 Å². The van der Waals surface area contributed by atoms with Gasteiger partial charge in [-0.15, -0.1) is 6.58 Å². The van der Waals surface area contributed by atoms with Crippen molar-refractivity contribution in [3.05, 3.63) is 46.8 Å². The first kappa shape index (κ1) is 14.2. The highest BCUT2D eigenvalue weighted by atomic mass is 16.7. The zero-order valence-electron chi connectivity index (χ0n) is 12.2. The van der Waals surface area contributed by atoms with Crippen molar-refractivity contribution in [2.24, 2.45) is 0 Å². The van der Waals surface area contributed by atoms with Crippen LogP contribution in [0.5, 0.6) is 11.5 Å². The quantitative estimate of drug-likeness (QED) is 0.872. The monoisotopic (exact) mass is 300 g/mol. The standard InChI is InChI=1S/C16H16N2O4/c1-3-5-17-16(20)11-8-18(4-2)12-7-14-13(21-9-22-14)6-10(12)15(11)19/h3,6-8H,1,4-5,9H2,2H3,(H,17,20). The molecule has 1 aliphatic heterocycles. The molecule has 0 bridgehead atoms. The number of benzene rings is 1. The molecule has 2 heterocycles. The van der Waals surface area contributed by atoms with Gasteiger partial charge in [-0.25, -0.2) is 0 Å². The van der Waals surface area contributed by atoms with Gasteiger partial charge in [0.2, 0.25) is 12.2 Å². The summed E-state index contributed by atoms with van der Waals surface area (Å²) < 4.78 is 12.5. The number of carbonyl (C=O) groups is 1. The summed E-state index contributed by atoms with van der Waals surface area (Å²) in [5.41, 5.74) is 0.506. The van der Waals surface area contributed by atoms with Gasteiger partial charge in [0.15, 0.2) is 11.5 Å². The average Bonchev–Trinajstić information content (AvgIpc) is 2.99. The molecule has 0 radical (unpaired) electrons. The molecule has 22 heavy (non-hydrogen) atoms. The summed E-state index contributed by atoms with van der Waals surface area (Å²) in [6, 6.07) is 3.41. The van der Waals surface area contributed by atoms with Crippen LogP contribution in [-0.4, -0.2) is 23.8 Å². The minimum absolute atomic E-state index is 0.107. The van der Waals surface area contributed by atoms with Gasteiger partial charge < -0.3 is 19.4 Å². The van der Waals surface area contributed by atoms with Gasteiger partial charge in [0.1, 0.15) is 5.56 Å². The van der Waals surface area contributed by atoms with E-state index in [2.05, 4.69) is 11.9 Å². The zero-order valence-corrected chi connectivity index (χ0v) is 12.2. The Morgan fingerprint density at radius 1 is 1.41 bits per heavy atom. The van der Waals surface area contributed by atoms with Crippen LogP contribution >= 0.6 is 0 Å². The van der Waals surface area contributed by atoms with Crippen LogP contribution in [0.1, 0.15) is 17.3 Å². The normalized spacial score (nSPS) is 12.4. The molecule has 1 aromatic heterocycles. The Morgan fingerprint density at radius 3 is 2.82 bits per heavy atom. The molecule has 0 unspecified atom stereocenters. The van der Waals surface area contributed by atoms with Crippen LogP contribution in [0.3, 0.4) is 0 Å². The van der Waals surface area contributed by atoms with Crippen molar-refractivity contribution in [1.29, 1.82) is 0 Å². The maximum atomic E-state index is 12.6. The predicted molar refractivity (Wildman–Crippen MR) is 82.5 cm³/mol. The third-order valence-corrected chi connectivity index (χ3v) is 3.57. The first-order valence-electron chi connectivity index (χ1n) is 7.01. The summed E-state index contributed by atoms with van der Waals surface area (Å²) in [6.45, 7) is 6.56. The molecule has 0 atom stereocenters. The SMILES string of the molecule is C=CCNC(=O)c1cn(CC)c2cc3c(cc2c1=O)OCO3. The first-order valence-corrected chi connectivity index (χ1v) is 7.01. The summed E-state index contributed by atoms with van der Waals surface area (Å²) >= 11 is 0. The molecule has 3 rings (SSSR count). The average molecular weight is 300 g/mol. The van der Waals surface area contributed by atoms with Crippen LogP contribution in [0.4, 0.5) is 0 Å². The molecule has 0 saturated heterocycles. The van der Waals surface area contributed by atoms with Gasteiger partial charge in [-0.1, -0.05) is 6.08 Å². The summed E-state index contributed by atoms with van der Waals surface area (Å²) in [6.07, 6.45) is 3.14. The van der Waals surface area contributed by atoms with Gasteiger partial charge in [0.25, 0.3) is 5.91 Å². The molecule has 6 nitrogen and oxygen atoms in total. The van der Waals surface area contributed by atoms with Crippen molar-refractivity contribution < 1.29 is 14.3 Å². The zero-order chi connectivity index (χ0) is 15.7. The number of amides is 1. The van der Waals surface area contributed by atoms with Gasteiger partial charge in [-0.05, 0) is 13.0 Å². The minimum Gasteiger partial charge on any atom is -0.454 e. The van der Waals surface area contributed by atoms with Crippen molar-refractivity contribution in [2.45, 2.75) is 13.5 Å². The Bertz CT molecular complexity index is 823. The molecule has 6 heteroatoms. The van der Waals surface area contributed by atoms with Crippen molar-refractivity contribution >= 4 is 16.8 Å². The van der Waals surface area contributed by atoms with E-state index in [-0.39, 0.29) is 17.8 Å². The number of hydrogen-bond donors (Lipinski definition) is 1. The van der Waals surface area contributed by atoms with E-state index in [1.807, 2.05) is 11.5 Å². The molecule has 2 aromatic rings. The highest BCUT2D eigenvalue weighted by Gasteiger charge is 2.20. The highest BCUT2D eigenvalue weighted by Crippen LogP contribution is 2.35. The molecule has 0 spiro atoms. The molecule has 114 valence electrons. The van der Waals surface area contributed by atoms with Crippen molar-refractivity contribution in [3.63, 3.8) is 0 Å². The molecular weight excluding hydrogens is 284 g/mol. The van der Waals surface area contributed by atoms with Crippen molar-refractivity contribution in [1.82, 2.24) is 9.88 Å². The van der Waals surface area contributed by atoms with Gasteiger partial charge in [-0.2, -0.15) is 0 Å². The van der Waals surface area contributed by atoms with Crippen LogP contribution in [0, 0.1) is 0 Å². The number of hydrogen-bond acceptors (Lipinski definition) is 4. The van der Waals surface area contributed by atoms with E-state index in [4.69, 9.17) is 9.47 Å². The summed E-state index contributed by atoms with van der Waals surface area (Å²) in [4.78, 5) is 24.7. The number of aryl methyl sites for hydroxylation is 1. The second kappa shape index (κ2) is 5.55. The number of nitrogens with one attached hydrogen (secondary N) is 1. The van der Waals surface area contributed by atoms with Crippen LogP contribution in [0.15, 0.2) is 35.8 Å². The second-order valence-electron chi connectivity index (χ2n) is 4.88. The lowest BCUT2D eigenvalue weighted by atomic mass is 10.1. The fraction of sp³-hybridized carbons (Fsp3) is 0.250. The van der Waals surface area contributed by atoms with Gasteiger partial charge in [0.05, 0.1) is 10.9 Å². The molecule has 1 aliphatic rings. The van der Waals surface area contributed by atoms with Crippen LogP contribution in [0.25, 0.3) is 10.9 Å². The second-order valence-corrected chi connectivity index (χ2v) is 4.88. The van der Waals surface area contributed by atoms with Crippen LogP contribution < -0.4 is 20.2 Å². The smallest absolute Gasteiger partial charge is 0.257 e. The van der Waals surface area contributed by atoms with E-state index in [1.165, 1.54) is 0 Å². The number of aromatic nitrogens is 1. The first-order chi connectivity index (χ1) is 10.7. The number of fused-ring (bicyclic) bond motifs is 2. The van der Waals surface area contributed by atoms with Crippen LogP contribution in [-0.2, 0) is 6.54 Å². The van der Waals surface area contributed by atoms with Crippen LogP contribution in [0.2, 0.25) is 0 Å². The van der Waals surface area contributed by atoms with E-state index in [9.17, 15) is 9.59 Å². The molecule has 0 fully saturated rings. The Balaban J connectivity index is 2.21. The fourth-order valence-electron chi connectivity index (χ4n) is 2.46. The number of carbonyl (C=O) groups excluding carboxylic acids is 1. The molecule has 1 amide bonds. The van der Waals surface area contributed by atoms with Crippen molar-refractivity contribution in [3.8, 4) is 11.5 Å². The van der Waals surface area contributed by atoms with E-state index in [0.29, 0.717) is 30.0 Å². The lowest BCUT2D eigenvalue weighted by molar-refractivity contribution is 0.0956. The number of nitrogens with zero attached hydrogens (tertiary/aromatic N) is 1. The number of ether oxygens (including phenoxy) is 2. The minimum atomic E-state index is -0.410. The maximum absolute atomic E-state index is 12.6. The van der Waals surface area contributed by atoms with Gasteiger partial charge >= 0.3 is 0 Å². The maximum Gasteiger partial charge on any atom is 0.257 e. The predicted octanol–water partition coefficient (Wildman–Crippen LogP) is 1.67. The topological polar surface area (TPSA) is 69.6 Å². The molecule has 1 aromatic carbocycles. The number of rotatable bonds is 4. The number of pyridine rings is 1. The largest absolute Gasteiger partial charge is 0.454 e. The van der Waals surface area contributed by atoms with E-state index in [1.54, 1.807) is 24.4 Å². The van der Waals surface area contributed by atoms with E-state index < -0.39 is 5.91 Å². The Hall–Kier alpha value is -2.76. The van der Waals surface area contributed by atoms with E-state index >= 15 is 0 Å². The van der Waals surface area contributed by atoms with E-state index in [0.717, 1.165) is 5.52 Å². The molecule has 0 aliphatic carbocycles. The Kier molecular flexibility index (Phi) is 3.58. The van der Waals surface area contributed by atoms with Gasteiger partial charge in [-0.3, -0.25) is 9.59 Å². The van der Waals surface area contributed by atoms with Crippen molar-refractivity contribution in [2.75, 3.05) is 13.3 Å². The highest BCUT2D eigenvalue weighted by molar-refractivity contribution is 5.98. The molecule has 0 saturated carbocycles. The third-order valence-electron chi connectivity index (χ3n) is 3.57. The molecular formula is C16H16N2O4. The fourth-order valence-corrected chi connectivity index (χ4v) is 2.46. The third kappa shape index (κ3) is 2.22.